The van der Waals surface area contributed by atoms with E-state index in [1.165, 1.54) is 36.6 Å². The molecule has 0 radical (unpaired) electrons. The summed E-state index contributed by atoms with van der Waals surface area (Å²) in [5, 5.41) is 12.4. The lowest BCUT2D eigenvalue weighted by Crippen LogP contribution is -2.37. The number of nitrogens with two attached hydrogens (primary N) is 1. The minimum absolute atomic E-state index is 0.0294. The zero-order valence-electron chi connectivity index (χ0n) is 16.6. The quantitative estimate of drug-likeness (QED) is 0.606. The third-order valence-electron chi connectivity index (χ3n) is 5.38. The van der Waals surface area contributed by atoms with Crippen molar-refractivity contribution < 1.29 is 4.79 Å². The van der Waals surface area contributed by atoms with E-state index >= 15 is 0 Å². The number of carbonyl (C=O) groups is 1. The molecule has 2 aromatic heterocycles. The summed E-state index contributed by atoms with van der Waals surface area (Å²) >= 11 is 1.35. The van der Waals surface area contributed by atoms with Gasteiger partial charge in [-0.2, -0.15) is 0 Å². The minimum atomic E-state index is 0.0294. The number of benzene rings is 1. The van der Waals surface area contributed by atoms with Crippen LogP contribution in [0.15, 0.2) is 35.5 Å². The standard InChI is InChI=1S/C21H26N6OS/c1-14-17(12-15-8-4-2-5-9-15)19-25-26-21(27(19)20(22)23-14)29-13-18(28)24-16-10-6-3-7-11-16/h2,4-5,8-9,16H,3,6-7,10-13H2,1H3,(H2,22,23)(H,24,28). The smallest absolute Gasteiger partial charge is 0.230 e. The maximum absolute atomic E-state index is 12.4. The Bertz CT molecular complexity index is 997. The number of nitrogen functional groups attached to an aromatic ring is 1. The first-order chi connectivity index (χ1) is 14.1. The number of amides is 1. The predicted octanol–water partition coefficient (Wildman–Crippen LogP) is 3.15. The number of hydrogen-bond donors (Lipinski definition) is 2. The monoisotopic (exact) mass is 410 g/mol. The van der Waals surface area contributed by atoms with Gasteiger partial charge in [0.1, 0.15) is 0 Å². The average Bonchev–Trinajstić information content (AvgIpc) is 3.15. The highest BCUT2D eigenvalue weighted by Gasteiger charge is 2.19. The van der Waals surface area contributed by atoms with Crippen molar-refractivity contribution in [3.8, 4) is 0 Å². The third kappa shape index (κ3) is 4.53. The van der Waals surface area contributed by atoms with Crippen molar-refractivity contribution in [1.29, 1.82) is 0 Å². The first kappa shape index (κ1) is 19.7. The second kappa shape index (κ2) is 8.82. The van der Waals surface area contributed by atoms with Gasteiger partial charge in [0, 0.05) is 23.7 Å². The Balaban J connectivity index is 1.51. The molecule has 1 amide bonds. The number of thioether (sulfide) groups is 1. The predicted molar refractivity (Wildman–Crippen MR) is 115 cm³/mol. The van der Waals surface area contributed by atoms with Gasteiger partial charge >= 0.3 is 0 Å². The van der Waals surface area contributed by atoms with Gasteiger partial charge in [-0.15, -0.1) is 10.2 Å². The molecule has 1 fully saturated rings. The summed E-state index contributed by atoms with van der Waals surface area (Å²) in [6, 6.07) is 10.5. The summed E-state index contributed by atoms with van der Waals surface area (Å²) in [6.07, 6.45) is 6.50. The van der Waals surface area contributed by atoms with Crippen LogP contribution in [0.25, 0.3) is 5.65 Å². The molecule has 4 rings (SSSR count). The Hall–Kier alpha value is -2.61. The topological polar surface area (TPSA) is 98.2 Å². The molecule has 8 heteroatoms. The molecule has 3 aromatic rings. The molecular formula is C21H26N6OS. The van der Waals surface area contributed by atoms with Gasteiger partial charge in [-0.1, -0.05) is 61.4 Å². The van der Waals surface area contributed by atoms with Gasteiger partial charge in [0.2, 0.25) is 11.9 Å². The van der Waals surface area contributed by atoms with Gasteiger partial charge < -0.3 is 11.1 Å². The fourth-order valence-corrected chi connectivity index (χ4v) is 4.62. The fourth-order valence-electron chi connectivity index (χ4n) is 3.87. The van der Waals surface area contributed by atoms with Crippen LogP contribution in [0.3, 0.4) is 0 Å². The van der Waals surface area contributed by atoms with Crippen LogP contribution in [0.2, 0.25) is 0 Å². The van der Waals surface area contributed by atoms with Crippen LogP contribution in [0, 0.1) is 6.92 Å². The highest BCUT2D eigenvalue weighted by molar-refractivity contribution is 7.99. The van der Waals surface area contributed by atoms with Crippen molar-refractivity contribution in [3.05, 3.63) is 47.2 Å². The van der Waals surface area contributed by atoms with Crippen LogP contribution in [0.4, 0.5) is 5.95 Å². The van der Waals surface area contributed by atoms with Crippen molar-refractivity contribution in [2.75, 3.05) is 11.5 Å². The molecule has 1 saturated carbocycles. The number of nitrogens with one attached hydrogen (secondary N) is 1. The molecule has 0 bridgehead atoms. The minimum Gasteiger partial charge on any atom is -0.369 e. The molecule has 0 saturated heterocycles. The third-order valence-corrected chi connectivity index (χ3v) is 6.31. The van der Waals surface area contributed by atoms with Crippen LogP contribution < -0.4 is 11.1 Å². The summed E-state index contributed by atoms with van der Waals surface area (Å²) in [5.41, 5.74) is 9.90. The zero-order valence-corrected chi connectivity index (χ0v) is 17.4. The van der Waals surface area contributed by atoms with E-state index in [-0.39, 0.29) is 5.91 Å². The van der Waals surface area contributed by atoms with E-state index in [2.05, 4.69) is 32.6 Å². The lowest BCUT2D eigenvalue weighted by molar-refractivity contribution is -0.119. The highest BCUT2D eigenvalue weighted by atomic mass is 32.2. The molecule has 1 aliphatic rings. The van der Waals surface area contributed by atoms with Crippen LogP contribution in [-0.4, -0.2) is 37.3 Å². The molecule has 1 aliphatic carbocycles. The number of nitrogens with zero attached hydrogens (tertiary/aromatic N) is 4. The number of fused-ring (bicyclic) bond motifs is 1. The number of rotatable bonds is 6. The maximum Gasteiger partial charge on any atom is 0.230 e. The van der Waals surface area contributed by atoms with Crippen molar-refractivity contribution in [2.45, 2.75) is 56.6 Å². The van der Waals surface area contributed by atoms with Gasteiger partial charge in [0.15, 0.2) is 10.8 Å². The number of hydrogen-bond acceptors (Lipinski definition) is 6. The van der Waals surface area contributed by atoms with Crippen LogP contribution >= 0.6 is 11.8 Å². The highest BCUT2D eigenvalue weighted by Crippen LogP contribution is 2.25. The van der Waals surface area contributed by atoms with E-state index in [4.69, 9.17) is 5.73 Å². The Morgan fingerprint density at radius 1 is 1.21 bits per heavy atom. The van der Waals surface area contributed by atoms with Gasteiger partial charge in [-0.05, 0) is 25.3 Å². The zero-order chi connectivity index (χ0) is 20.2. The number of anilines is 1. The summed E-state index contributed by atoms with van der Waals surface area (Å²) < 4.78 is 1.75. The maximum atomic E-state index is 12.4. The normalized spacial score (nSPS) is 14.9. The summed E-state index contributed by atoms with van der Waals surface area (Å²) in [7, 11) is 0. The van der Waals surface area contributed by atoms with Crippen LogP contribution in [0.5, 0.6) is 0 Å². The van der Waals surface area contributed by atoms with E-state index in [0.717, 1.165) is 24.1 Å². The van der Waals surface area contributed by atoms with Crippen molar-refractivity contribution in [3.63, 3.8) is 0 Å². The molecular weight excluding hydrogens is 384 g/mol. The van der Waals surface area contributed by atoms with E-state index < -0.39 is 0 Å². The molecule has 1 aromatic carbocycles. The fraction of sp³-hybridized carbons (Fsp3) is 0.429. The van der Waals surface area contributed by atoms with Crippen LogP contribution in [-0.2, 0) is 11.2 Å². The van der Waals surface area contributed by atoms with E-state index in [0.29, 0.717) is 35.0 Å². The Morgan fingerprint density at radius 2 is 1.97 bits per heavy atom. The number of aromatic nitrogens is 4. The first-order valence-electron chi connectivity index (χ1n) is 10.1. The summed E-state index contributed by atoms with van der Waals surface area (Å²) in [5.74, 6) is 0.662. The molecule has 7 nitrogen and oxygen atoms in total. The molecule has 29 heavy (non-hydrogen) atoms. The molecule has 0 atom stereocenters. The van der Waals surface area contributed by atoms with Gasteiger partial charge in [0.05, 0.1) is 5.75 Å². The Labute approximate surface area is 174 Å². The second-order valence-corrected chi connectivity index (χ2v) is 8.47. The van der Waals surface area contributed by atoms with E-state index in [1.54, 1.807) is 4.40 Å². The SMILES string of the molecule is Cc1nc(N)n2c(SCC(=O)NC3CCCCC3)nnc2c1Cc1ccccc1. The van der Waals surface area contributed by atoms with Crippen molar-refractivity contribution >= 4 is 29.3 Å². The first-order valence-corrected chi connectivity index (χ1v) is 11.1. The van der Waals surface area contributed by atoms with Crippen molar-refractivity contribution in [1.82, 2.24) is 24.9 Å². The van der Waals surface area contributed by atoms with E-state index in [9.17, 15) is 4.79 Å². The molecule has 2 heterocycles. The molecule has 0 spiro atoms. The molecule has 0 aliphatic heterocycles. The largest absolute Gasteiger partial charge is 0.369 e. The molecule has 152 valence electrons. The number of carbonyl (C=O) groups excluding carboxylic acids is 1. The summed E-state index contributed by atoms with van der Waals surface area (Å²) in [4.78, 5) is 16.9. The lowest BCUT2D eigenvalue weighted by atomic mass is 9.95. The Kier molecular flexibility index (Phi) is 5.99. The lowest BCUT2D eigenvalue weighted by Gasteiger charge is -2.22. The van der Waals surface area contributed by atoms with Crippen LogP contribution in [0.1, 0.15) is 48.9 Å². The van der Waals surface area contributed by atoms with Gasteiger partial charge in [0.25, 0.3) is 0 Å². The molecule has 3 N–H and O–H groups in total. The van der Waals surface area contributed by atoms with Gasteiger partial charge in [-0.25, -0.2) is 9.38 Å². The number of aryl methyl sites for hydroxylation is 1. The molecule has 0 unspecified atom stereocenters. The van der Waals surface area contributed by atoms with Crippen molar-refractivity contribution in [2.24, 2.45) is 0 Å². The second-order valence-electron chi connectivity index (χ2n) is 7.53. The summed E-state index contributed by atoms with van der Waals surface area (Å²) in [6.45, 7) is 1.94. The Morgan fingerprint density at radius 3 is 2.72 bits per heavy atom. The van der Waals surface area contributed by atoms with E-state index in [1.807, 2.05) is 25.1 Å². The average molecular weight is 411 g/mol. The van der Waals surface area contributed by atoms with Gasteiger partial charge in [-0.3, -0.25) is 4.79 Å².